The van der Waals surface area contributed by atoms with E-state index in [2.05, 4.69) is 9.71 Å². The highest BCUT2D eigenvalue weighted by Crippen LogP contribution is 2.13. The van der Waals surface area contributed by atoms with Crippen LogP contribution in [-0.4, -0.2) is 13.4 Å². The van der Waals surface area contributed by atoms with Gasteiger partial charge in [0.05, 0.1) is 5.75 Å². The lowest BCUT2D eigenvalue weighted by molar-refractivity contribution is 0.565. The lowest BCUT2D eigenvalue weighted by atomic mass is 10.2. The second-order valence-electron chi connectivity index (χ2n) is 4.51. The number of benzene rings is 1. The summed E-state index contributed by atoms with van der Waals surface area (Å²) in [6.07, 6.45) is 3.24. The van der Waals surface area contributed by atoms with Crippen LogP contribution in [0, 0.1) is 5.82 Å². The van der Waals surface area contributed by atoms with E-state index in [0.717, 1.165) is 5.56 Å². The molecule has 0 aliphatic rings. The van der Waals surface area contributed by atoms with Crippen molar-refractivity contribution >= 4 is 10.0 Å². The summed E-state index contributed by atoms with van der Waals surface area (Å²) in [5, 5.41) is 0. The van der Waals surface area contributed by atoms with E-state index in [0.29, 0.717) is 5.56 Å². The molecule has 2 aromatic rings. The number of nitrogens with one attached hydrogen (secondary N) is 1. The van der Waals surface area contributed by atoms with Crippen LogP contribution in [0.25, 0.3) is 0 Å². The number of pyridine rings is 1. The van der Waals surface area contributed by atoms with Crippen LogP contribution in [0.3, 0.4) is 0 Å². The number of sulfonamides is 1. The highest BCUT2D eigenvalue weighted by atomic mass is 32.2. The van der Waals surface area contributed by atoms with Gasteiger partial charge in [-0.05, 0) is 36.2 Å². The van der Waals surface area contributed by atoms with Crippen LogP contribution in [-0.2, 0) is 15.8 Å². The molecule has 0 aliphatic carbocycles. The number of hydrogen-bond acceptors (Lipinski definition) is 3. The molecule has 0 amide bonds. The van der Waals surface area contributed by atoms with Crippen molar-refractivity contribution in [3.63, 3.8) is 0 Å². The van der Waals surface area contributed by atoms with Crippen LogP contribution < -0.4 is 4.72 Å². The number of rotatable bonds is 5. The van der Waals surface area contributed by atoms with Crippen molar-refractivity contribution in [2.45, 2.75) is 18.7 Å². The first-order valence-corrected chi connectivity index (χ1v) is 7.76. The van der Waals surface area contributed by atoms with Gasteiger partial charge >= 0.3 is 0 Å². The Kier molecular flexibility index (Phi) is 4.46. The largest absolute Gasteiger partial charge is 0.264 e. The maximum atomic E-state index is 12.8. The van der Waals surface area contributed by atoms with Gasteiger partial charge in [-0.25, -0.2) is 17.5 Å². The first kappa shape index (κ1) is 14.6. The molecule has 2 rings (SSSR count). The Hall–Kier alpha value is -1.79. The maximum absolute atomic E-state index is 12.8. The summed E-state index contributed by atoms with van der Waals surface area (Å²) in [5.41, 5.74) is 1.33. The first-order valence-electron chi connectivity index (χ1n) is 6.11. The summed E-state index contributed by atoms with van der Waals surface area (Å²) < 4.78 is 39.4. The van der Waals surface area contributed by atoms with Gasteiger partial charge in [0.2, 0.25) is 10.0 Å². The molecule has 0 saturated carbocycles. The van der Waals surface area contributed by atoms with Gasteiger partial charge in [-0.15, -0.1) is 0 Å². The summed E-state index contributed by atoms with van der Waals surface area (Å²) in [5.74, 6) is -0.569. The van der Waals surface area contributed by atoms with Crippen molar-refractivity contribution in [2.24, 2.45) is 0 Å². The van der Waals surface area contributed by atoms with Crippen LogP contribution in [0.15, 0.2) is 48.8 Å². The van der Waals surface area contributed by atoms with Gasteiger partial charge in [0.15, 0.2) is 0 Å². The number of aromatic nitrogens is 1. The van der Waals surface area contributed by atoms with Gasteiger partial charge in [-0.3, -0.25) is 4.98 Å². The zero-order valence-corrected chi connectivity index (χ0v) is 11.8. The van der Waals surface area contributed by atoms with E-state index in [1.807, 2.05) is 0 Å². The van der Waals surface area contributed by atoms with E-state index in [1.165, 1.54) is 24.3 Å². The predicted molar refractivity (Wildman–Crippen MR) is 74.8 cm³/mol. The van der Waals surface area contributed by atoms with E-state index in [1.54, 1.807) is 31.5 Å². The number of hydrogen-bond donors (Lipinski definition) is 1. The molecule has 0 fully saturated rings. The lowest BCUT2D eigenvalue weighted by Crippen LogP contribution is -2.28. The normalized spacial score (nSPS) is 13.1. The Labute approximate surface area is 117 Å². The Morgan fingerprint density at radius 2 is 1.95 bits per heavy atom. The summed E-state index contributed by atoms with van der Waals surface area (Å²) in [4.78, 5) is 3.95. The molecule has 1 aromatic heterocycles. The quantitative estimate of drug-likeness (QED) is 0.921. The molecule has 106 valence electrons. The third-order valence-electron chi connectivity index (χ3n) is 2.81. The standard InChI is InChI=1S/C14H15FN2O2S/c1-11(13-3-2-8-16-9-13)17-20(18,19)10-12-4-6-14(15)7-5-12/h2-9,11,17H,10H2,1H3/t11-/m0/s1. The molecule has 0 saturated heterocycles. The molecule has 6 heteroatoms. The van der Waals surface area contributed by atoms with E-state index in [9.17, 15) is 12.8 Å². The molecule has 20 heavy (non-hydrogen) atoms. The summed E-state index contributed by atoms with van der Waals surface area (Å²) in [7, 11) is -3.50. The van der Waals surface area contributed by atoms with Crippen LogP contribution in [0.1, 0.15) is 24.1 Å². The van der Waals surface area contributed by atoms with Gasteiger partial charge in [0, 0.05) is 18.4 Å². The second kappa shape index (κ2) is 6.11. The molecule has 1 heterocycles. The summed E-state index contributed by atoms with van der Waals surface area (Å²) in [6, 6.07) is 8.60. The molecule has 0 spiro atoms. The number of nitrogens with zero attached hydrogens (tertiary/aromatic N) is 1. The van der Waals surface area contributed by atoms with Crippen LogP contribution in [0.4, 0.5) is 4.39 Å². The van der Waals surface area contributed by atoms with Crippen molar-refractivity contribution in [1.82, 2.24) is 9.71 Å². The average Bonchev–Trinajstić information content (AvgIpc) is 2.41. The number of halogens is 1. The van der Waals surface area contributed by atoms with Gasteiger partial charge in [-0.2, -0.15) is 0 Å². The average molecular weight is 294 g/mol. The third kappa shape index (κ3) is 4.11. The highest BCUT2D eigenvalue weighted by Gasteiger charge is 2.16. The third-order valence-corrected chi connectivity index (χ3v) is 4.24. The van der Waals surface area contributed by atoms with Crippen LogP contribution in [0.5, 0.6) is 0 Å². The molecule has 0 bridgehead atoms. The zero-order valence-electron chi connectivity index (χ0n) is 11.0. The van der Waals surface area contributed by atoms with Gasteiger partial charge < -0.3 is 0 Å². The minimum atomic E-state index is -3.50. The SMILES string of the molecule is C[C@H](NS(=O)(=O)Cc1ccc(F)cc1)c1cccnc1. The zero-order chi connectivity index (χ0) is 14.6. The van der Waals surface area contributed by atoms with E-state index in [-0.39, 0.29) is 17.6 Å². The molecule has 1 N–H and O–H groups in total. The molecule has 0 unspecified atom stereocenters. The summed E-state index contributed by atoms with van der Waals surface area (Å²) >= 11 is 0. The maximum Gasteiger partial charge on any atom is 0.216 e. The first-order chi connectivity index (χ1) is 9.46. The Morgan fingerprint density at radius 1 is 1.25 bits per heavy atom. The van der Waals surface area contributed by atoms with Gasteiger partial charge in [0.1, 0.15) is 5.82 Å². The molecule has 0 radical (unpaired) electrons. The molecule has 1 atom stereocenters. The Bertz CT molecular complexity index is 657. The fourth-order valence-corrected chi connectivity index (χ4v) is 3.20. The molecular formula is C14H15FN2O2S. The van der Waals surface area contributed by atoms with Crippen molar-refractivity contribution in [2.75, 3.05) is 0 Å². The van der Waals surface area contributed by atoms with Crippen molar-refractivity contribution < 1.29 is 12.8 Å². The smallest absolute Gasteiger partial charge is 0.216 e. The molecule has 0 aliphatic heterocycles. The topological polar surface area (TPSA) is 59.1 Å². The van der Waals surface area contributed by atoms with Crippen molar-refractivity contribution in [3.05, 3.63) is 65.7 Å². The van der Waals surface area contributed by atoms with E-state index in [4.69, 9.17) is 0 Å². The minimum absolute atomic E-state index is 0.183. The second-order valence-corrected chi connectivity index (χ2v) is 6.27. The minimum Gasteiger partial charge on any atom is -0.264 e. The van der Waals surface area contributed by atoms with Gasteiger partial charge in [0.25, 0.3) is 0 Å². The Balaban J connectivity index is 2.06. The Morgan fingerprint density at radius 3 is 2.55 bits per heavy atom. The van der Waals surface area contributed by atoms with Crippen molar-refractivity contribution in [3.8, 4) is 0 Å². The fraction of sp³-hybridized carbons (Fsp3) is 0.214. The van der Waals surface area contributed by atoms with E-state index >= 15 is 0 Å². The molecule has 1 aromatic carbocycles. The van der Waals surface area contributed by atoms with Crippen LogP contribution >= 0.6 is 0 Å². The monoisotopic (exact) mass is 294 g/mol. The highest BCUT2D eigenvalue weighted by molar-refractivity contribution is 7.88. The van der Waals surface area contributed by atoms with Gasteiger partial charge in [-0.1, -0.05) is 18.2 Å². The van der Waals surface area contributed by atoms with Crippen molar-refractivity contribution in [1.29, 1.82) is 0 Å². The summed E-state index contributed by atoms with van der Waals surface area (Å²) in [6.45, 7) is 1.75. The van der Waals surface area contributed by atoms with Crippen LogP contribution in [0.2, 0.25) is 0 Å². The lowest BCUT2D eigenvalue weighted by Gasteiger charge is -2.14. The molecular weight excluding hydrogens is 279 g/mol. The molecule has 4 nitrogen and oxygen atoms in total. The van der Waals surface area contributed by atoms with E-state index < -0.39 is 10.0 Å². The fourth-order valence-electron chi connectivity index (χ4n) is 1.81. The predicted octanol–water partition coefficient (Wildman–Crippen LogP) is 2.40.